The predicted molar refractivity (Wildman–Crippen MR) is 78.6 cm³/mol. The molecule has 1 heterocycles. The van der Waals surface area contributed by atoms with Crippen molar-refractivity contribution in [3.63, 3.8) is 0 Å². The van der Waals surface area contributed by atoms with Crippen LogP contribution in [0.1, 0.15) is 11.4 Å². The molecule has 3 aromatic rings. The number of imidazole rings is 1. The van der Waals surface area contributed by atoms with Crippen molar-refractivity contribution in [3.05, 3.63) is 59.9 Å². The van der Waals surface area contributed by atoms with Gasteiger partial charge in [0.2, 0.25) is 0 Å². The zero-order valence-electron chi connectivity index (χ0n) is 11.0. The standard InChI is InChI=1S/C16H17N3/c1-12-5-4-6-13(11-12)19-15-8-3-2-7-14(15)18-16(19)9-10-17/h2-8,11H,9-10,17H2,1H3. The number of hydrogen-bond acceptors (Lipinski definition) is 2. The first kappa shape index (κ1) is 11.9. The van der Waals surface area contributed by atoms with Crippen molar-refractivity contribution >= 4 is 11.0 Å². The van der Waals surface area contributed by atoms with E-state index in [4.69, 9.17) is 10.7 Å². The molecule has 2 N–H and O–H groups in total. The maximum absolute atomic E-state index is 5.71. The lowest BCUT2D eigenvalue weighted by molar-refractivity contribution is 0.848. The van der Waals surface area contributed by atoms with Gasteiger partial charge in [0, 0.05) is 12.1 Å². The number of nitrogens with zero attached hydrogens (tertiary/aromatic N) is 2. The number of rotatable bonds is 3. The SMILES string of the molecule is Cc1cccc(-n2c(CCN)nc3ccccc32)c1. The van der Waals surface area contributed by atoms with E-state index in [0.717, 1.165) is 29.0 Å². The molecule has 2 aromatic carbocycles. The Morgan fingerprint density at radius 3 is 2.74 bits per heavy atom. The third kappa shape index (κ3) is 2.13. The Morgan fingerprint density at radius 2 is 1.95 bits per heavy atom. The van der Waals surface area contributed by atoms with E-state index in [1.165, 1.54) is 5.56 Å². The Morgan fingerprint density at radius 1 is 1.11 bits per heavy atom. The van der Waals surface area contributed by atoms with Crippen LogP contribution in [-0.4, -0.2) is 16.1 Å². The van der Waals surface area contributed by atoms with E-state index in [0.29, 0.717) is 6.54 Å². The van der Waals surface area contributed by atoms with Gasteiger partial charge in [0.1, 0.15) is 5.82 Å². The summed E-state index contributed by atoms with van der Waals surface area (Å²) in [7, 11) is 0. The van der Waals surface area contributed by atoms with E-state index in [1.807, 2.05) is 18.2 Å². The molecule has 0 unspecified atom stereocenters. The summed E-state index contributed by atoms with van der Waals surface area (Å²) in [6, 6.07) is 16.7. The Kier molecular flexibility index (Phi) is 3.05. The molecular formula is C16H17N3. The molecule has 0 aliphatic heterocycles. The topological polar surface area (TPSA) is 43.8 Å². The van der Waals surface area contributed by atoms with Crippen molar-refractivity contribution in [1.29, 1.82) is 0 Å². The van der Waals surface area contributed by atoms with Gasteiger partial charge < -0.3 is 5.73 Å². The Hall–Kier alpha value is -2.13. The molecule has 0 spiro atoms. The molecule has 0 aliphatic carbocycles. The van der Waals surface area contributed by atoms with Gasteiger partial charge in [-0.25, -0.2) is 4.98 Å². The zero-order chi connectivity index (χ0) is 13.2. The summed E-state index contributed by atoms with van der Waals surface area (Å²) in [4.78, 5) is 4.69. The van der Waals surface area contributed by atoms with Crippen LogP contribution < -0.4 is 5.73 Å². The molecule has 96 valence electrons. The van der Waals surface area contributed by atoms with Gasteiger partial charge in [-0.2, -0.15) is 0 Å². The van der Waals surface area contributed by atoms with Gasteiger partial charge in [0.25, 0.3) is 0 Å². The van der Waals surface area contributed by atoms with E-state index < -0.39 is 0 Å². The fraction of sp³-hybridized carbons (Fsp3) is 0.188. The largest absolute Gasteiger partial charge is 0.330 e. The first-order chi connectivity index (χ1) is 9.29. The lowest BCUT2D eigenvalue weighted by atomic mass is 10.2. The minimum Gasteiger partial charge on any atom is -0.330 e. The third-order valence-corrected chi connectivity index (χ3v) is 3.26. The fourth-order valence-corrected chi connectivity index (χ4v) is 2.43. The van der Waals surface area contributed by atoms with Crippen molar-refractivity contribution in [2.45, 2.75) is 13.3 Å². The molecule has 0 saturated carbocycles. The Bertz CT molecular complexity index is 713. The first-order valence-electron chi connectivity index (χ1n) is 6.53. The molecule has 3 nitrogen and oxygen atoms in total. The Labute approximate surface area is 112 Å². The highest BCUT2D eigenvalue weighted by Crippen LogP contribution is 2.22. The highest BCUT2D eigenvalue weighted by atomic mass is 15.1. The second kappa shape index (κ2) is 4.86. The Balaban J connectivity index is 2.28. The summed E-state index contributed by atoms with van der Waals surface area (Å²) in [5, 5.41) is 0. The van der Waals surface area contributed by atoms with Gasteiger partial charge in [0.15, 0.2) is 0 Å². The van der Waals surface area contributed by atoms with Gasteiger partial charge in [0.05, 0.1) is 11.0 Å². The molecule has 0 bridgehead atoms. The van der Waals surface area contributed by atoms with Crippen LogP contribution in [0.2, 0.25) is 0 Å². The van der Waals surface area contributed by atoms with Crippen LogP contribution >= 0.6 is 0 Å². The molecular weight excluding hydrogens is 234 g/mol. The number of hydrogen-bond donors (Lipinski definition) is 1. The summed E-state index contributed by atoms with van der Waals surface area (Å²) in [5.74, 6) is 1.02. The van der Waals surface area contributed by atoms with Crippen LogP contribution in [0, 0.1) is 6.92 Å². The van der Waals surface area contributed by atoms with Crippen molar-refractivity contribution in [1.82, 2.24) is 9.55 Å². The van der Waals surface area contributed by atoms with Gasteiger partial charge in [-0.1, -0.05) is 24.3 Å². The molecule has 1 aromatic heterocycles. The van der Waals surface area contributed by atoms with Gasteiger partial charge in [-0.3, -0.25) is 4.57 Å². The highest BCUT2D eigenvalue weighted by molar-refractivity contribution is 5.78. The van der Waals surface area contributed by atoms with Crippen LogP contribution in [0.4, 0.5) is 0 Å². The molecule has 0 saturated heterocycles. The van der Waals surface area contributed by atoms with Crippen molar-refractivity contribution < 1.29 is 0 Å². The minimum atomic E-state index is 0.606. The van der Waals surface area contributed by atoms with E-state index in [2.05, 4.69) is 41.8 Å². The van der Waals surface area contributed by atoms with Crippen LogP contribution in [-0.2, 0) is 6.42 Å². The van der Waals surface area contributed by atoms with Crippen LogP contribution in [0.5, 0.6) is 0 Å². The fourth-order valence-electron chi connectivity index (χ4n) is 2.43. The normalized spacial score (nSPS) is 11.1. The van der Waals surface area contributed by atoms with Gasteiger partial charge in [-0.15, -0.1) is 0 Å². The van der Waals surface area contributed by atoms with E-state index in [1.54, 1.807) is 0 Å². The molecule has 0 fully saturated rings. The van der Waals surface area contributed by atoms with E-state index >= 15 is 0 Å². The maximum atomic E-state index is 5.71. The molecule has 19 heavy (non-hydrogen) atoms. The summed E-state index contributed by atoms with van der Waals surface area (Å²) in [5.41, 5.74) is 10.3. The van der Waals surface area contributed by atoms with Crippen molar-refractivity contribution in [2.24, 2.45) is 5.73 Å². The smallest absolute Gasteiger partial charge is 0.115 e. The summed E-state index contributed by atoms with van der Waals surface area (Å²) < 4.78 is 2.20. The molecule has 0 atom stereocenters. The first-order valence-corrected chi connectivity index (χ1v) is 6.53. The van der Waals surface area contributed by atoms with Gasteiger partial charge in [-0.05, 0) is 43.3 Å². The van der Waals surface area contributed by atoms with E-state index in [9.17, 15) is 0 Å². The number of aryl methyl sites for hydroxylation is 1. The second-order valence-corrected chi connectivity index (χ2v) is 4.73. The summed E-state index contributed by atoms with van der Waals surface area (Å²) in [6.45, 7) is 2.71. The molecule has 3 heteroatoms. The van der Waals surface area contributed by atoms with Crippen LogP contribution in [0.3, 0.4) is 0 Å². The number of nitrogens with two attached hydrogens (primary N) is 1. The maximum Gasteiger partial charge on any atom is 0.115 e. The zero-order valence-corrected chi connectivity index (χ0v) is 11.0. The van der Waals surface area contributed by atoms with Crippen molar-refractivity contribution in [3.8, 4) is 5.69 Å². The van der Waals surface area contributed by atoms with E-state index in [-0.39, 0.29) is 0 Å². The van der Waals surface area contributed by atoms with Gasteiger partial charge >= 0.3 is 0 Å². The third-order valence-electron chi connectivity index (χ3n) is 3.26. The quantitative estimate of drug-likeness (QED) is 0.778. The number of fused-ring (bicyclic) bond motifs is 1. The predicted octanol–water partition coefficient (Wildman–Crippen LogP) is 2.84. The van der Waals surface area contributed by atoms with Crippen LogP contribution in [0.15, 0.2) is 48.5 Å². The number of benzene rings is 2. The molecule has 0 amide bonds. The average molecular weight is 251 g/mol. The monoisotopic (exact) mass is 251 g/mol. The average Bonchev–Trinajstić information content (AvgIpc) is 2.77. The molecule has 0 radical (unpaired) electrons. The lowest BCUT2D eigenvalue weighted by Crippen LogP contribution is -2.09. The number of para-hydroxylation sites is 2. The highest BCUT2D eigenvalue weighted by Gasteiger charge is 2.11. The number of aromatic nitrogens is 2. The molecule has 3 rings (SSSR count). The van der Waals surface area contributed by atoms with Crippen LogP contribution in [0.25, 0.3) is 16.7 Å². The lowest BCUT2D eigenvalue weighted by Gasteiger charge is -2.09. The second-order valence-electron chi connectivity index (χ2n) is 4.73. The molecule has 0 aliphatic rings. The summed E-state index contributed by atoms with van der Waals surface area (Å²) in [6.07, 6.45) is 0.780. The summed E-state index contributed by atoms with van der Waals surface area (Å²) >= 11 is 0. The van der Waals surface area contributed by atoms with Crippen molar-refractivity contribution in [2.75, 3.05) is 6.54 Å². The minimum absolute atomic E-state index is 0.606.